The molecule has 2 amide bonds. The highest BCUT2D eigenvalue weighted by atomic mass is 16.5. The summed E-state index contributed by atoms with van der Waals surface area (Å²) < 4.78 is 5.81. The number of morpholine rings is 1. The van der Waals surface area contributed by atoms with Gasteiger partial charge in [0.05, 0.1) is 19.3 Å². The smallest absolute Gasteiger partial charge is 0.234 e. The number of ether oxygens (including phenoxy) is 1. The maximum Gasteiger partial charge on any atom is 0.234 e. The van der Waals surface area contributed by atoms with Gasteiger partial charge in [-0.1, -0.05) is 13.8 Å². The van der Waals surface area contributed by atoms with E-state index in [9.17, 15) is 9.59 Å². The monoisotopic (exact) mass is 431 g/mol. The van der Waals surface area contributed by atoms with Crippen LogP contribution < -0.4 is 10.6 Å². The summed E-state index contributed by atoms with van der Waals surface area (Å²) >= 11 is 0. The van der Waals surface area contributed by atoms with Crippen LogP contribution in [0.25, 0.3) is 0 Å². The number of piperidine rings is 1. The van der Waals surface area contributed by atoms with Crippen LogP contribution in [0.1, 0.15) is 32.3 Å². The van der Waals surface area contributed by atoms with Crippen LogP contribution in [0.4, 0.5) is 5.82 Å². The summed E-state index contributed by atoms with van der Waals surface area (Å²) in [6.07, 6.45) is 3.26. The summed E-state index contributed by atoms with van der Waals surface area (Å²) in [6.45, 7) is 12.5. The second-order valence-electron chi connectivity index (χ2n) is 9.21. The number of hydrogen-bond donors (Lipinski definition) is 2. The number of anilines is 1. The maximum atomic E-state index is 12.5. The molecule has 1 aromatic heterocycles. The van der Waals surface area contributed by atoms with Gasteiger partial charge in [0, 0.05) is 38.3 Å². The number of likely N-dealkylation sites (tertiary alicyclic amines) is 1. The van der Waals surface area contributed by atoms with Crippen molar-refractivity contribution in [2.24, 2.45) is 11.8 Å². The molecule has 0 spiro atoms. The minimum absolute atomic E-state index is 0.0163. The number of pyridine rings is 1. The Morgan fingerprint density at radius 1 is 1.23 bits per heavy atom. The van der Waals surface area contributed by atoms with Crippen LogP contribution in [0, 0.1) is 18.8 Å². The summed E-state index contributed by atoms with van der Waals surface area (Å²) in [4.78, 5) is 33.6. The molecule has 8 heteroatoms. The predicted molar refractivity (Wildman–Crippen MR) is 121 cm³/mol. The molecule has 3 rings (SSSR count). The van der Waals surface area contributed by atoms with Crippen molar-refractivity contribution < 1.29 is 14.3 Å². The van der Waals surface area contributed by atoms with Crippen molar-refractivity contribution >= 4 is 17.6 Å². The molecule has 0 radical (unpaired) electrons. The lowest BCUT2D eigenvalue weighted by Gasteiger charge is -2.34. The largest absolute Gasteiger partial charge is 0.374 e. The van der Waals surface area contributed by atoms with Gasteiger partial charge in [-0.3, -0.25) is 19.4 Å². The first-order chi connectivity index (χ1) is 14.9. The van der Waals surface area contributed by atoms with Crippen molar-refractivity contribution in [2.75, 3.05) is 57.7 Å². The molecule has 8 nitrogen and oxygen atoms in total. The molecule has 3 heterocycles. The third kappa shape index (κ3) is 7.87. The molecule has 0 bridgehead atoms. The van der Waals surface area contributed by atoms with E-state index in [0.29, 0.717) is 24.8 Å². The van der Waals surface area contributed by atoms with Crippen molar-refractivity contribution in [2.45, 2.75) is 39.7 Å². The first-order valence-corrected chi connectivity index (χ1v) is 11.5. The topological polar surface area (TPSA) is 86.8 Å². The van der Waals surface area contributed by atoms with E-state index in [2.05, 4.69) is 39.3 Å². The molecule has 1 unspecified atom stereocenters. The van der Waals surface area contributed by atoms with E-state index in [1.54, 1.807) is 6.20 Å². The lowest BCUT2D eigenvalue weighted by atomic mass is 9.96. The average Bonchev–Trinajstić information content (AvgIpc) is 2.72. The number of nitrogens with zero attached hydrogens (tertiary/aromatic N) is 3. The minimum Gasteiger partial charge on any atom is -0.374 e. The van der Waals surface area contributed by atoms with E-state index in [4.69, 9.17) is 4.74 Å². The van der Waals surface area contributed by atoms with Crippen molar-refractivity contribution in [3.63, 3.8) is 0 Å². The summed E-state index contributed by atoms with van der Waals surface area (Å²) in [5.41, 5.74) is 1.07. The number of aryl methyl sites for hydroxylation is 1. The van der Waals surface area contributed by atoms with Crippen LogP contribution in [-0.4, -0.2) is 85.1 Å². The van der Waals surface area contributed by atoms with Crippen molar-refractivity contribution in [3.05, 3.63) is 23.9 Å². The van der Waals surface area contributed by atoms with Gasteiger partial charge in [0.25, 0.3) is 0 Å². The first-order valence-electron chi connectivity index (χ1n) is 11.5. The molecule has 2 N–H and O–H groups in total. The fourth-order valence-electron chi connectivity index (χ4n) is 4.26. The first kappa shape index (κ1) is 23.6. The molecular weight excluding hydrogens is 394 g/mol. The second-order valence-corrected chi connectivity index (χ2v) is 9.21. The number of nitrogens with one attached hydrogen (secondary N) is 2. The molecular formula is C23H37N5O3. The summed E-state index contributed by atoms with van der Waals surface area (Å²) in [5.74, 6) is 1.23. The van der Waals surface area contributed by atoms with Gasteiger partial charge in [0.1, 0.15) is 5.82 Å². The van der Waals surface area contributed by atoms with E-state index in [0.717, 1.165) is 57.7 Å². The Kier molecular flexibility index (Phi) is 8.80. The number of aromatic nitrogens is 1. The molecule has 2 aliphatic heterocycles. The molecule has 172 valence electrons. The zero-order chi connectivity index (χ0) is 22.2. The Balaban J connectivity index is 1.34. The van der Waals surface area contributed by atoms with Crippen molar-refractivity contribution in [3.8, 4) is 0 Å². The van der Waals surface area contributed by atoms with E-state index in [1.165, 1.54) is 0 Å². The van der Waals surface area contributed by atoms with Crippen LogP contribution in [0.5, 0.6) is 0 Å². The Hall–Kier alpha value is -2.03. The number of amides is 2. The van der Waals surface area contributed by atoms with E-state index in [1.807, 2.05) is 19.1 Å². The summed E-state index contributed by atoms with van der Waals surface area (Å²) in [5, 5.41) is 5.94. The van der Waals surface area contributed by atoms with Crippen LogP contribution >= 0.6 is 0 Å². The van der Waals surface area contributed by atoms with Gasteiger partial charge in [-0.15, -0.1) is 0 Å². The molecule has 31 heavy (non-hydrogen) atoms. The van der Waals surface area contributed by atoms with Crippen LogP contribution in [0.3, 0.4) is 0 Å². The lowest BCUT2D eigenvalue weighted by Crippen LogP contribution is -2.50. The molecule has 1 atom stereocenters. The Morgan fingerprint density at radius 3 is 2.71 bits per heavy atom. The molecule has 2 saturated heterocycles. The molecule has 0 aliphatic carbocycles. The van der Waals surface area contributed by atoms with Crippen LogP contribution in [0.2, 0.25) is 0 Å². The summed E-state index contributed by atoms with van der Waals surface area (Å²) in [6, 6.07) is 3.77. The van der Waals surface area contributed by atoms with Crippen LogP contribution in [-0.2, 0) is 14.3 Å². The van der Waals surface area contributed by atoms with Gasteiger partial charge in [0.15, 0.2) is 0 Å². The second kappa shape index (κ2) is 11.5. The standard InChI is InChI=1S/C23H37N5O3/c1-17(2)14-28-10-11-31-20(15-28)13-25-22(29)16-27-8-5-19(6-9-27)23(30)26-21-12-18(3)4-7-24-21/h4,7,12,17,19-20H,5-6,8-11,13-16H2,1-3H3,(H,25,29)(H,24,26,30). The Morgan fingerprint density at radius 2 is 2.00 bits per heavy atom. The fourth-order valence-corrected chi connectivity index (χ4v) is 4.26. The van der Waals surface area contributed by atoms with Gasteiger partial charge in [0.2, 0.25) is 11.8 Å². The quantitative estimate of drug-likeness (QED) is 0.649. The average molecular weight is 432 g/mol. The third-order valence-electron chi connectivity index (χ3n) is 5.87. The van der Waals surface area contributed by atoms with Crippen LogP contribution in [0.15, 0.2) is 18.3 Å². The Labute approximate surface area is 185 Å². The Bertz CT molecular complexity index is 734. The number of rotatable bonds is 8. The highest BCUT2D eigenvalue weighted by molar-refractivity contribution is 5.91. The van der Waals surface area contributed by atoms with E-state index in [-0.39, 0.29) is 23.8 Å². The number of hydrogen-bond acceptors (Lipinski definition) is 6. The minimum atomic E-state index is -0.0378. The molecule has 2 aliphatic rings. The van der Waals surface area contributed by atoms with Gasteiger partial charge >= 0.3 is 0 Å². The molecule has 0 aromatic carbocycles. The number of carbonyl (C=O) groups is 2. The fraction of sp³-hybridized carbons (Fsp3) is 0.696. The summed E-state index contributed by atoms with van der Waals surface area (Å²) in [7, 11) is 0. The number of carbonyl (C=O) groups excluding carboxylic acids is 2. The van der Waals surface area contributed by atoms with Gasteiger partial charge in [-0.25, -0.2) is 4.98 Å². The zero-order valence-electron chi connectivity index (χ0n) is 19.1. The van der Waals surface area contributed by atoms with Crippen molar-refractivity contribution in [1.82, 2.24) is 20.1 Å². The maximum absolute atomic E-state index is 12.5. The molecule has 2 fully saturated rings. The molecule has 0 saturated carbocycles. The van der Waals surface area contributed by atoms with Gasteiger partial charge < -0.3 is 15.4 Å². The third-order valence-corrected chi connectivity index (χ3v) is 5.87. The normalized spacial score (nSPS) is 21.2. The SMILES string of the molecule is Cc1ccnc(NC(=O)C2CCN(CC(=O)NCC3CN(CC(C)C)CCO3)CC2)c1. The zero-order valence-corrected chi connectivity index (χ0v) is 19.1. The predicted octanol–water partition coefficient (Wildman–Crippen LogP) is 1.51. The van der Waals surface area contributed by atoms with Gasteiger partial charge in [-0.05, 0) is 56.5 Å². The van der Waals surface area contributed by atoms with Crippen molar-refractivity contribution in [1.29, 1.82) is 0 Å². The highest BCUT2D eigenvalue weighted by Gasteiger charge is 2.27. The molecule has 1 aromatic rings. The van der Waals surface area contributed by atoms with E-state index >= 15 is 0 Å². The highest BCUT2D eigenvalue weighted by Crippen LogP contribution is 2.19. The lowest BCUT2D eigenvalue weighted by molar-refractivity contribution is -0.124. The van der Waals surface area contributed by atoms with E-state index < -0.39 is 0 Å². The van der Waals surface area contributed by atoms with Gasteiger partial charge in [-0.2, -0.15) is 0 Å².